The van der Waals surface area contributed by atoms with Gasteiger partial charge in [0.15, 0.2) is 0 Å². The number of aromatic amines is 2. The van der Waals surface area contributed by atoms with Crippen molar-refractivity contribution in [2.45, 2.75) is 25.2 Å². The van der Waals surface area contributed by atoms with Gasteiger partial charge in [0.2, 0.25) is 0 Å². The molecule has 0 fully saturated rings. The number of allylic oxidation sites excluding steroid dienone is 1. The van der Waals surface area contributed by atoms with E-state index in [9.17, 15) is 0 Å². The van der Waals surface area contributed by atoms with E-state index in [-0.39, 0.29) is 12.4 Å². The maximum Gasteiger partial charge on any atom is 0.0924 e. The fourth-order valence-electron chi connectivity index (χ4n) is 4.28. The van der Waals surface area contributed by atoms with Crippen molar-refractivity contribution in [3.8, 4) is 0 Å². The Bertz CT molecular complexity index is 1090. The molecule has 1 atom stereocenters. The summed E-state index contributed by atoms with van der Waals surface area (Å²) in [6.45, 7) is 0. The van der Waals surface area contributed by atoms with Gasteiger partial charge in [-0.1, -0.05) is 54.6 Å². The number of hydrogen-bond donors (Lipinski definition) is 2. The average Bonchev–Trinajstić information content (AvgIpc) is 3.54. The minimum atomic E-state index is 0. The van der Waals surface area contributed by atoms with Crippen molar-refractivity contribution in [3.05, 3.63) is 113 Å². The number of nitrogens with one attached hydrogen (secondary N) is 2. The Balaban J connectivity index is 0.000000137. The molecule has 0 amide bonds. The van der Waals surface area contributed by atoms with Crippen molar-refractivity contribution >= 4 is 18.0 Å². The lowest BCUT2D eigenvalue weighted by Gasteiger charge is -2.08. The molecule has 5 heteroatoms. The first-order chi connectivity index (χ1) is 13.9. The molecule has 2 N–H and O–H groups in total. The second kappa shape index (κ2) is 8.50. The van der Waals surface area contributed by atoms with Crippen molar-refractivity contribution in [1.82, 2.24) is 19.9 Å². The summed E-state index contributed by atoms with van der Waals surface area (Å²) in [5.41, 5.74) is 9.32. The highest BCUT2D eigenvalue weighted by Gasteiger charge is 2.24. The molecule has 2 aliphatic carbocycles. The van der Waals surface area contributed by atoms with Crippen LogP contribution in [0, 0.1) is 0 Å². The van der Waals surface area contributed by atoms with Gasteiger partial charge in [-0.05, 0) is 41.5 Å². The summed E-state index contributed by atoms with van der Waals surface area (Å²) < 4.78 is 0. The normalized spacial score (nSPS) is 16.1. The summed E-state index contributed by atoms with van der Waals surface area (Å²) in [6.07, 6.45) is 13.0. The van der Waals surface area contributed by atoms with E-state index in [4.69, 9.17) is 0 Å². The number of imidazole rings is 2. The Morgan fingerprint density at radius 3 is 2.38 bits per heavy atom. The van der Waals surface area contributed by atoms with Crippen LogP contribution in [0.5, 0.6) is 0 Å². The maximum absolute atomic E-state index is 4.08. The highest BCUT2D eigenvalue weighted by Crippen LogP contribution is 2.36. The number of halogens is 1. The highest BCUT2D eigenvalue weighted by molar-refractivity contribution is 5.85. The molecule has 6 rings (SSSR count). The Labute approximate surface area is 176 Å². The van der Waals surface area contributed by atoms with E-state index in [0.29, 0.717) is 5.92 Å². The minimum Gasteiger partial charge on any atom is -0.348 e. The number of aromatic nitrogens is 4. The maximum atomic E-state index is 4.08. The van der Waals surface area contributed by atoms with Crippen molar-refractivity contribution in [2.24, 2.45) is 0 Å². The van der Waals surface area contributed by atoms with Crippen LogP contribution in [0.25, 0.3) is 5.57 Å². The van der Waals surface area contributed by atoms with Crippen LogP contribution in [0.3, 0.4) is 0 Å². The molecular formula is C24H23ClN4. The summed E-state index contributed by atoms with van der Waals surface area (Å²) in [4.78, 5) is 14.5. The fourth-order valence-corrected chi connectivity index (χ4v) is 4.28. The second-order valence-corrected chi connectivity index (χ2v) is 7.24. The number of aryl methyl sites for hydroxylation is 1. The molecule has 0 saturated carbocycles. The molecular weight excluding hydrogens is 380 g/mol. The lowest BCUT2D eigenvalue weighted by molar-refractivity contribution is 0.767. The summed E-state index contributed by atoms with van der Waals surface area (Å²) in [7, 11) is 0. The van der Waals surface area contributed by atoms with E-state index in [1.54, 1.807) is 12.7 Å². The van der Waals surface area contributed by atoms with Crippen LogP contribution in [0.1, 0.15) is 46.0 Å². The molecule has 29 heavy (non-hydrogen) atoms. The lowest BCUT2D eigenvalue weighted by atomic mass is 9.99. The van der Waals surface area contributed by atoms with Crippen LogP contribution < -0.4 is 0 Å². The van der Waals surface area contributed by atoms with Gasteiger partial charge in [0.05, 0.1) is 24.5 Å². The van der Waals surface area contributed by atoms with Gasteiger partial charge in [0, 0.05) is 23.4 Å². The molecule has 4 nitrogen and oxygen atoms in total. The van der Waals surface area contributed by atoms with E-state index in [1.165, 1.54) is 46.4 Å². The molecule has 0 aliphatic heterocycles. The first kappa shape index (κ1) is 19.2. The van der Waals surface area contributed by atoms with Crippen molar-refractivity contribution < 1.29 is 0 Å². The van der Waals surface area contributed by atoms with Crippen LogP contribution in [0.4, 0.5) is 0 Å². The van der Waals surface area contributed by atoms with Gasteiger partial charge in [0.25, 0.3) is 0 Å². The zero-order chi connectivity index (χ0) is 18.8. The van der Waals surface area contributed by atoms with Gasteiger partial charge in [-0.25, -0.2) is 9.97 Å². The van der Waals surface area contributed by atoms with Crippen LogP contribution in [-0.2, 0) is 12.8 Å². The van der Waals surface area contributed by atoms with Crippen molar-refractivity contribution in [3.63, 3.8) is 0 Å². The summed E-state index contributed by atoms with van der Waals surface area (Å²) in [5.74, 6) is 0.536. The number of hydrogen-bond acceptors (Lipinski definition) is 2. The fraction of sp³-hybridized carbons (Fsp3) is 0.167. The first-order valence-electron chi connectivity index (χ1n) is 9.73. The zero-order valence-electron chi connectivity index (χ0n) is 16.0. The smallest absolute Gasteiger partial charge is 0.0924 e. The van der Waals surface area contributed by atoms with Gasteiger partial charge in [-0.3, -0.25) is 0 Å². The average molecular weight is 403 g/mol. The standard InChI is InChI=1S/C12H12N2.C12H10N2.ClH/c2*1-2-4-10-9(3-1)5-6-11(10)12-7-13-8-14-12;/h1-4,7-8,11H,5-6H2,(H,13,14);1-4,6-8H,5H2,(H,13,14);1H. The molecule has 2 aliphatic rings. The molecule has 4 aromatic rings. The monoisotopic (exact) mass is 402 g/mol. The SMILES string of the molecule is C1=C(c2cnc[nH]2)c2ccccc2C1.Cl.c1ccc2c(c1)CCC2c1cnc[nH]1. The van der Waals surface area contributed by atoms with Gasteiger partial charge in [0.1, 0.15) is 0 Å². The second-order valence-electron chi connectivity index (χ2n) is 7.24. The Morgan fingerprint density at radius 1 is 0.828 bits per heavy atom. The number of rotatable bonds is 2. The highest BCUT2D eigenvalue weighted by atomic mass is 35.5. The summed E-state index contributed by atoms with van der Waals surface area (Å²) >= 11 is 0. The van der Waals surface area contributed by atoms with Crippen molar-refractivity contribution in [2.75, 3.05) is 0 Å². The first-order valence-corrected chi connectivity index (χ1v) is 9.73. The molecule has 2 aromatic carbocycles. The van der Waals surface area contributed by atoms with E-state index >= 15 is 0 Å². The van der Waals surface area contributed by atoms with E-state index in [2.05, 4.69) is 74.5 Å². The van der Waals surface area contributed by atoms with E-state index < -0.39 is 0 Å². The molecule has 0 saturated heterocycles. The predicted octanol–water partition coefficient (Wildman–Crippen LogP) is 5.31. The quantitative estimate of drug-likeness (QED) is 0.477. The predicted molar refractivity (Wildman–Crippen MR) is 118 cm³/mol. The van der Waals surface area contributed by atoms with Crippen molar-refractivity contribution in [1.29, 1.82) is 0 Å². The molecule has 0 spiro atoms. The van der Waals surface area contributed by atoms with Crippen LogP contribution in [-0.4, -0.2) is 19.9 Å². The number of nitrogens with zero attached hydrogens (tertiary/aromatic N) is 2. The van der Waals surface area contributed by atoms with Crippen LogP contribution in [0.15, 0.2) is 79.7 Å². The molecule has 0 radical (unpaired) electrons. The molecule has 0 bridgehead atoms. The zero-order valence-corrected chi connectivity index (χ0v) is 16.8. The Kier molecular flexibility index (Phi) is 5.63. The van der Waals surface area contributed by atoms with Gasteiger partial charge in [-0.2, -0.15) is 0 Å². The summed E-state index contributed by atoms with van der Waals surface area (Å²) in [5, 5.41) is 0. The lowest BCUT2D eigenvalue weighted by Crippen LogP contribution is -1.95. The number of benzene rings is 2. The van der Waals surface area contributed by atoms with Gasteiger partial charge >= 0.3 is 0 Å². The minimum absolute atomic E-state index is 0. The van der Waals surface area contributed by atoms with Crippen LogP contribution >= 0.6 is 12.4 Å². The van der Waals surface area contributed by atoms with E-state index in [0.717, 1.165) is 12.1 Å². The van der Waals surface area contributed by atoms with Gasteiger partial charge < -0.3 is 9.97 Å². The molecule has 2 aromatic heterocycles. The number of H-pyrrole nitrogens is 2. The summed E-state index contributed by atoms with van der Waals surface area (Å²) in [6, 6.07) is 17.2. The molecule has 146 valence electrons. The third-order valence-corrected chi connectivity index (χ3v) is 5.65. The number of fused-ring (bicyclic) bond motifs is 2. The Hall–Kier alpha value is -3.11. The van der Waals surface area contributed by atoms with Crippen LogP contribution in [0.2, 0.25) is 0 Å². The third-order valence-electron chi connectivity index (χ3n) is 5.65. The van der Waals surface area contributed by atoms with Gasteiger partial charge in [-0.15, -0.1) is 12.4 Å². The Morgan fingerprint density at radius 2 is 1.59 bits per heavy atom. The van der Waals surface area contributed by atoms with E-state index in [1.807, 2.05) is 12.4 Å². The largest absolute Gasteiger partial charge is 0.348 e. The molecule has 1 unspecified atom stereocenters. The third kappa shape index (κ3) is 3.76. The molecule has 2 heterocycles. The topological polar surface area (TPSA) is 57.4 Å².